The summed E-state index contributed by atoms with van der Waals surface area (Å²) in [6.45, 7) is 0. The van der Waals surface area contributed by atoms with Crippen molar-refractivity contribution in [2.45, 2.75) is 0 Å². The Bertz CT molecular complexity index is 614. The van der Waals surface area contributed by atoms with Crippen LogP contribution in [0.2, 0.25) is 0 Å². The second kappa shape index (κ2) is 6.54. The molecule has 19 heavy (non-hydrogen) atoms. The van der Waals surface area contributed by atoms with Crippen LogP contribution >= 0.6 is 0 Å². The molecule has 0 aliphatic carbocycles. The van der Waals surface area contributed by atoms with Crippen molar-refractivity contribution >= 4 is 5.69 Å². The molecule has 0 saturated heterocycles. The van der Waals surface area contributed by atoms with Gasteiger partial charge in [0.1, 0.15) is 35.4 Å². The second-order valence-electron chi connectivity index (χ2n) is 3.28. The van der Waals surface area contributed by atoms with E-state index in [4.69, 9.17) is 25.3 Å². The summed E-state index contributed by atoms with van der Waals surface area (Å²) in [6, 6.07) is 10.0. The molecule has 0 unspecified atom stereocenters. The molecule has 0 atom stereocenters. The van der Waals surface area contributed by atoms with E-state index in [0.717, 1.165) is 0 Å². The summed E-state index contributed by atoms with van der Waals surface area (Å²) in [6.07, 6.45) is 0. The highest BCUT2D eigenvalue weighted by atomic mass is 16.5. The third-order valence-corrected chi connectivity index (χ3v) is 2.25. The molecule has 0 aliphatic heterocycles. The monoisotopic (exact) mass is 254 g/mol. The fraction of sp³-hybridized carbons (Fsp3) is 0.154. The lowest BCUT2D eigenvalue weighted by molar-refractivity contribution is 0.404. The van der Waals surface area contributed by atoms with Crippen LogP contribution < -0.4 is 14.8 Å². The quantitative estimate of drug-likeness (QED) is 0.824. The van der Waals surface area contributed by atoms with Crippen molar-refractivity contribution in [3.8, 4) is 29.7 Å². The van der Waals surface area contributed by atoms with E-state index < -0.39 is 0 Å². The van der Waals surface area contributed by atoms with E-state index in [9.17, 15) is 0 Å². The molecular formula is C13H10N4O2. The van der Waals surface area contributed by atoms with Gasteiger partial charge in [0.15, 0.2) is 5.57 Å². The topological polar surface area (TPSA) is 102 Å². The lowest BCUT2D eigenvalue weighted by atomic mass is 10.2. The van der Waals surface area contributed by atoms with Gasteiger partial charge in [-0.2, -0.15) is 15.8 Å². The molecule has 0 aliphatic rings. The van der Waals surface area contributed by atoms with Crippen molar-refractivity contribution in [2.75, 3.05) is 19.5 Å². The van der Waals surface area contributed by atoms with Gasteiger partial charge in [-0.25, -0.2) is 0 Å². The smallest absolute Gasteiger partial charge is 0.163 e. The summed E-state index contributed by atoms with van der Waals surface area (Å²) >= 11 is 0. The maximum Gasteiger partial charge on any atom is 0.163 e. The second-order valence-corrected chi connectivity index (χ2v) is 3.28. The molecule has 0 radical (unpaired) electrons. The largest absolute Gasteiger partial charge is 0.497 e. The minimum atomic E-state index is -0.299. The van der Waals surface area contributed by atoms with Gasteiger partial charge >= 0.3 is 0 Å². The predicted molar refractivity (Wildman–Crippen MR) is 67.0 cm³/mol. The Hall–Kier alpha value is -3.17. The van der Waals surface area contributed by atoms with Crippen molar-refractivity contribution < 1.29 is 9.47 Å². The van der Waals surface area contributed by atoms with Crippen molar-refractivity contribution in [1.82, 2.24) is 0 Å². The molecule has 0 heterocycles. The molecule has 1 aromatic rings. The molecule has 94 valence electrons. The van der Waals surface area contributed by atoms with Gasteiger partial charge in [-0.3, -0.25) is 0 Å². The summed E-state index contributed by atoms with van der Waals surface area (Å²) in [5, 5.41) is 29.2. The number of ether oxygens (including phenoxy) is 2. The summed E-state index contributed by atoms with van der Waals surface area (Å²) in [5.74, 6) is 1.01. The maximum atomic E-state index is 8.97. The number of nitrogens with one attached hydrogen (secondary N) is 1. The fourth-order valence-corrected chi connectivity index (χ4v) is 1.33. The van der Waals surface area contributed by atoms with Crippen LogP contribution in [0.15, 0.2) is 29.5 Å². The fourth-order valence-electron chi connectivity index (χ4n) is 1.33. The number of anilines is 1. The molecule has 0 bridgehead atoms. The van der Waals surface area contributed by atoms with Gasteiger partial charge in [0.05, 0.1) is 19.9 Å². The zero-order valence-electron chi connectivity index (χ0n) is 10.4. The van der Waals surface area contributed by atoms with Crippen molar-refractivity contribution in [1.29, 1.82) is 15.8 Å². The van der Waals surface area contributed by atoms with Crippen LogP contribution in [0.3, 0.4) is 0 Å². The number of rotatable bonds is 4. The van der Waals surface area contributed by atoms with Crippen LogP contribution in [0.1, 0.15) is 0 Å². The molecule has 0 amide bonds. The summed E-state index contributed by atoms with van der Waals surface area (Å²) in [4.78, 5) is 0. The molecule has 1 N–H and O–H groups in total. The van der Waals surface area contributed by atoms with Gasteiger partial charge in [0.2, 0.25) is 0 Å². The van der Waals surface area contributed by atoms with Crippen LogP contribution in [-0.4, -0.2) is 14.2 Å². The molecule has 6 heteroatoms. The molecule has 0 saturated carbocycles. The van der Waals surface area contributed by atoms with E-state index in [1.165, 1.54) is 14.2 Å². The maximum absolute atomic E-state index is 8.97. The number of nitrogens with zero attached hydrogens (tertiary/aromatic N) is 3. The number of hydrogen-bond donors (Lipinski definition) is 1. The molecular weight excluding hydrogens is 244 g/mol. The van der Waals surface area contributed by atoms with E-state index >= 15 is 0 Å². The van der Waals surface area contributed by atoms with Crippen molar-refractivity contribution in [2.24, 2.45) is 0 Å². The highest BCUT2D eigenvalue weighted by Gasteiger charge is 2.10. The lowest BCUT2D eigenvalue weighted by Crippen LogP contribution is -2.02. The minimum absolute atomic E-state index is 0.142. The highest BCUT2D eigenvalue weighted by molar-refractivity contribution is 5.66. The summed E-state index contributed by atoms with van der Waals surface area (Å²) < 4.78 is 10.2. The van der Waals surface area contributed by atoms with Gasteiger partial charge < -0.3 is 14.8 Å². The van der Waals surface area contributed by atoms with E-state index in [-0.39, 0.29) is 11.3 Å². The Morgan fingerprint density at radius 2 is 1.74 bits per heavy atom. The van der Waals surface area contributed by atoms with E-state index in [1.54, 1.807) is 36.4 Å². The van der Waals surface area contributed by atoms with Crippen LogP contribution in [0.5, 0.6) is 11.5 Å². The van der Waals surface area contributed by atoms with Crippen LogP contribution in [0, 0.1) is 34.0 Å². The first kappa shape index (κ1) is 13.9. The predicted octanol–water partition coefficient (Wildman–Crippen LogP) is 1.94. The van der Waals surface area contributed by atoms with Gasteiger partial charge in [-0.05, 0) is 12.1 Å². The number of methoxy groups -OCH3 is 2. The standard InChI is InChI=1S/C13H10N4O2/c1-18-10-3-4-13(19-2)11(5-10)17-12(8-16)9(6-14)7-15/h3-5,17H,1-2H3. The molecule has 1 rings (SSSR count). The van der Waals surface area contributed by atoms with Gasteiger partial charge in [0, 0.05) is 6.07 Å². The summed E-state index contributed by atoms with van der Waals surface area (Å²) in [7, 11) is 2.97. The van der Waals surface area contributed by atoms with Crippen molar-refractivity contribution in [3.63, 3.8) is 0 Å². The molecule has 0 fully saturated rings. The summed E-state index contributed by atoms with van der Waals surface area (Å²) in [5.41, 5.74) is -0.00896. The first-order chi connectivity index (χ1) is 9.19. The third-order valence-electron chi connectivity index (χ3n) is 2.25. The van der Waals surface area contributed by atoms with Crippen LogP contribution in [0.4, 0.5) is 5.69 Å². The Morgan fingerprint density at radius 1 is 1.05 bits per heavy atom. The Morgan fingerprint density at radius 3 is 2.21 bits per heavy atom. The number of benzene rings is 1. The Kier molecular flexibility index (Phi) is 4.78. The van der Waals surface area contributed by atoms with Crippen molar-refractivity contribution in [3.05, 3.63) is 29.5 Å². The highest BCUT2D eigenvalue weighted by Crippen LogP contribution is 2.30. The van der Waals surface area contributed by atoms with Gasteiger partial charge in [0.25, 0.3) is 0 Å². The van der Waals surface area contributed by atoms with E-state index in [0.29, 0.717) is 17.2 Å². The minimum Gasteiger partial charge on any atom is -0.497 e. The first-order valence-electron chi connectivity index (χ1n) is 5.13. The number of hydrogen-bond acceptors (Lipinski definition) is 6. The Labute approximate surface area is 110 Å². The third kappa shape index (κ3) is 3.15. The lowest BCUT2D eigenvalue weighted by Gasteiger charge is -2.11. The number of nitriles is 3. The van der Waals surface area contributed by atoms with E-state index in [1.807, 2.05) is 0 Å². The zero-order chi connectivity index (χ0) is 14.3. The molecule has 1 aromatic carbocycles. The van der Waals surface area contributed by atoms with Crippen LogP contribution in [0.25, 0.3) is 0 Å². The molecule has 6 nitrogen and oxygen atoms in total. The average molecular weight is 254 g/mol. The Balaban J connectivity index is 3.26. The average Bonchev–Trinajstić information content (AvgIpc) is 2.47. The SMILES string of the molecule is COc1ccc(OC)c(NC(C#N)=C(C#N)C#N)c1. The normalized spacial score (nSPS) is 8.37. The van der Waals surface area contributed by atoms with E-state index in [2.05, 4.69) is 5.32 Å². The van der Waals surface area contributed by atoms with Crippen LogP contribution in [-0.2, 0) is 0 Å². The van der Waals surface area contributed by atoms with Gasteiger partial charge in [-0.1, -0.05) is 0 Å². The molecule has 0 spiro atoms. The number of allylic oxidation sites excluding steroid dienone is 2. The molecule has 0 aromatic heterocycles. The zero-order valence-corrected chi connectivity index (χ0v) is 10.4. The first-order valence-corrected chi connectivity index (χ1v) is 5.13. The van der Waals surface area contributed by atoms with Gasteiger partial charge in [-0.15, -0.1) is 0 Å².